The van der Waals surface area contributed by atoms with Crippen LogP contribution >= 0.6 is 0 Å². The fourth-order valence-electron chi connectivity index (χ4n) is 0.737. The summed E-state index contributed by atoms with van der Waals surface area (Å²) in [5.41, 5.74) is 0. The number of alkyl halides is 3. The van der Waals surface area contributed by atoms with Crippen molar-refractivity contribution in [2.45, 2.75) is 17.8 Å². The van der Waals surface area contributed by atoms with Crippen LogP contribution in [0.3, 0.4) is 0 Å². The molecule has 0 rings (SSSR count). The van der Waals surface area contributed by atoms with Gasteiger partial charge in [0.2, 0.25) is 0 Å². The maximum atomic E-state index is 12.0. The van der Waals surface area contributed by atoms with Crippen LogP contribution in [-0.2, 0) is 20.2 Å². The normalized spacial score (nSPS) is 16.3. The molecule has 0 aliphatic rings. The third-order valence-electron chi connectivity index (χ3n) is 1.36. The lowest BCUT2D eigenvalue weighted by atomic mass is 10.3. The molecule has 0 saturated carbocycles. The lowest BCUT2D eigenvalue weighted by molar-refractivity contribution is -0.131. The zero-order chi connectivity index (χ0) is 12.5. The summed E-state index contributed by atoms with van der Waals surface area (Å²) in [6, 6.07) is 0. The predicted molar refractivity (Wildman–Crippen MR) is 42.4 cm³/mol. The molecular weight excluding hydrogens is 265 g/mol. The van der Waals surface area contributed by atoms with E-state index < -0.39 is 43.8 Å². The molecule has 0 aromatic rings. The van der Waals surface area contributed by atoms with Gasteiger partial charge in [-0.2, -0.15) is 30.0 Å². The van der Waals surface area contributed by atoms with Gasteiger partial charge in [0.1, 0.15) is 0 Å². The number of hydrogen-bond donors (Lipinski definition) is 2. The first-order chi connectivity index (χ1) is 6.34. The minimum absolute atomic E-state index is 1.41. The molecule has 0 aliphatic heterocycles. The Morgan fingerprint density at radius 2 is 1.47 bits per heavy atom. The minimum Gasteiger partial charge on any atom is -0.286 e. The molecule has 0 aromatic carbocycles. The molecule has 2 N–H and O–H groups in total. The van der Waals surface area contributed by atoms with Crippen molar-refractivity contribution < 1.29 is 39.1 Å². The van der Waals surface area contributed by atoms with Gasteiger partial charge >= 0.3 is 6.18 Å². The molecule has 0 fully saturated rings. The first kappa shape index (κ1) is 14.6. The van der Waals surface area contributed by atoms with Crippen LogP contribution in [0.5, 0.6) is 0 Å². The number of hydrogen-bond acceptors (Lipinski definition) is 4. The van der Waals surface area contributed by atoms with Crippen molar-refractivity contribution in [3.63, 3.8) is 0 Å². The summed E-state index contributed by atoms with van der Waals surface area (Å²) in [6.45, 7) is 0. The van der Waals surface area contributed by atoms with E-state index in [4.69, 9.17) is 9.11 Å². The molecule has 0 spiro atoms. The fraction of sp³-hybridized carbons (Fsp3) is 1.00. The molecule has 0 heterocycles. The third kappa shape index (κ3) is 5.92. The van der Waals surface area contributed by atoms with E-state index in [1.54, 1.807) is 0 Å². The first-order valence-electron chi connectivity index (χ1n) is 3.32. The molecule has 1 atom stereocenters. The molecule has 92 valence electrons. The Labute approximate surface area is 83.6 Å². The summed E-state index contributed by atoms with van der Waals surface area (Å²) in [4.78, 5) is 0. The smallest absolute Gasteiger partial charge is 0.286 e. The summed E-state index contributed by atoms with van der Waals surface area (Å²) in [5, 5.41) is -3.22. The van der Waals surface area contributed by atoms with Crippen LogP contribution in [0.4, 0.5) is 13.2 Å². The van der Waals surface area contributed by atoms with Gasteiger partial charge in [-0.1, -0.05) is 0 Å². The van der Waals surface area contributed by atoms with Gasteiger partial charge in [-0.15, -0.1) is 0 Å². The molecule has 0 aromatic heterocycles. The van der Waals surface area contributed by atoms with E-state index in [9.17, 15) is 30.0 Å². The first-order valence-corrected chi connectivity index (χ1v) is 6.43. The molecule has 6 nitrogen and oxygen atoms in total. The Kier molecular flexibility index (Phi) is 4.12. The summed E-state index contributed by atoms with van der Waals surface area (Å²) >= 11 is 0. The standard InChI is InChI=1S/C4H7F3O6S2/c5-4(6,7)3(15(11,12)13)1-2-14(8,9)10/h3H,1-2H2,(H,8,9,10)(H,11,12,13). The Hall–Kier alpha value is -0.390. The van der Waals surface area contributed by atoms with Gasteiger partial charge in [0, 0.05) is 0 Å². The minimum atomic E-state index is -5.45. The van der Waals surface area contributed by atoms with E-state index in [2.05, 4.69) is 0 Å². The van der Waals surface area contributed by atoms with Gasteiger partial charge in [-0.3, -0.25) is 9.11 Å². The van der Waals surface area contributed by atoms with Crippen molar-refractivity contribution in [3.8, 4) is 0 Å². The second-order valence-electron chi connectivity index (χ2n) is 2.62. The lowest BCUT2D eigenvalue weighted by Crippen LogP contribution is -2.37. The molecule has 0 amide bonds. The Balaban J connectivity index is 4.87. The lowest BCUT2D eigenvalue weighted by Gasteiger charge is -2.16. The molecule has 0 bridgehead atoms. The van der Waals surface area contributed by atoms with Crippen molar-refractivity contribution in [1.82, 2.24) is 0 Å². The molecular formula is C4H7F3O6S2. The van der Waals surface area contributed by atoms with Crippen LogP contribution in [0.25, 0.3) is 0 Å². The van der Waals surface area contributed by atoms with Crippen LogP contribution in [-0.4, -0.2) is 43.1 Å². The van der Waals surface area contributed by atoms with E-state index in [0.717, 1.165) is 0 Å². The molecule has 11 heteroatoms. The molecule has 0 aliphatic carbocycles. The highest BCUT2D eigenvalue weighted by Crippen LogP contribution is 2.28. The SMILES string of the molecule is O=S(=O)(O)CCC(C(F)(F)F)S(=O)(=O)O. The van der Waals surface area contributed by atoms with Crippen LogP contribution in [0.1, 0.15) is 6.42 Å². The highest BCUT2D eigenvalue weighted by atomic mass is 32.2. The van der Waals surface area contributed by atoms with Gasteiger partial charge in [-0.05, 0) is 6.42 Å². The predicted octanol–water partition coefficient (Wildman–Crippen LogP) is 0.0830. The summed E-state index contributed by atoms with van der Waals surface area (Å²) in [7, 11) is -10.2. The maximum Gasteiger partial charge on any atom is 0.407 e. The van der Waals surface area contributed by atoms with Crippen molar-refractivity contribution in [1.29, 1.82) is 0 Å². The Bertz CT molecular complexity index is 406. The second-order valence-corrected chi connectivity index (χ2v) is 5.79. The summed E-state index contributed by atoms with van der Waals surface area (Å²) in [5.74, 6) is -1.41. The molecule has 0 saturated heterocycles. The average molecular weight is 272 g/mol. The largest absolute Gasteiger partial charge is 0.407 e. The third-order valence-corrected chi connectivity index (χ3v) is 3.34. The van der Waals surface area contributed by atoms with Crippen LogP contribution < -0.4 is 0 Å². The van der Waals surface area contributed by atoms with E-state index in [0.29, 0.717) is 0 Å². The van der Waals surface area contributed by atoms with Crippen LogP contribution in [0.2, 0.25) is 0 Å². The van der Waals surface area contributed by atoms with E-state index >= 15 is 0 Å². The Morgan fingerprint density at radius 3 is 1.67 bits per heavy atom. The summed E-state index contributed by atoms with van der Waals surface area (Å²) in [6.07, 6.45) is -6.75. The number of rotatable bonds is 4. The van der Waals surface area contributed by atoms with Gasteiger partial charge in [0.15, 0.2) is 5.25 Å². The Morgan fingerprint density at radius 1 is 1.07 bits per heavy atom. The van der Waals surface area contributed by atoms with Crippen molar-refractivity contribution in [3.05, 3.63) is 0 Å². The summed E-state index contributed by atoms with van der Waals surface area (Å²) < 4.78 is 92.9. The zero-order valence-electron chi connectivity index (χ0n) is 6.97. The van der Waals surface area contributed by atoms with Gasteiger partial charge < -0.3 is 0 Å². The zero-order valence-corrected chi connectivity index (χ0v) is 8.60. The van der Waals surface area contributed by atoms with E-state index in [-0.39, 0.29) is 0 Å². The fourth-order valence-corrected chi connectivity index (χ4v) is 2.17. The second kappa shape index (κ2) is 4.23. The van der Waals surface area contributed by atoms with Gasteiger partial charge in [0.25, 0.3) is 20.2 Å². The highest BCUT2D eigenvalue weighted by molar-refractivity contribution is 7.87. The topological polar surface area (TPSA) is 109 Å². The maximum absolute atomic E-state index is 12.0. The van der Waals surface area contributed by atoms with Crippen molar-refractivity contribution >= 4 is 20.2 Å². The number of halogens is 3. The van der Waals surface area contributed by atoms with Crippen molar-refractivity contribution in [2.24, 2.45) is 0 Å². The van der Waals surface area contributed by atoms with Gasteiger partial charge in [0.05, 0.1) is 5.75 Å². The average Bonchev–Trinajstić information content (AvgIpc) is 1.75. The molecule has 0 radical (unpaired) electrons. The quantitative estimate of drug-likeness (QED) is 0.702. The molecule has 1 unspecified atom stereocenters. The van der Waals surface area contributed by atoms with E-state index in [1.165, 1.54) is 0 Å². The molecule has 15 heavy (non-hydrogen) atoms. The van der Waals surface area contributed by atoms with Crippen LogP contribution in [0.15, 0.2) is 0 Å². The van der Waals surface area contributed by atoms with Crippen LogP contribution in [0, 0.1) is 0 Å². The monoisotopic (exact) mass is 272 g/mol. The van der Waals surface area contributed by atoms with E-state index in [1.807, 2.05) is 0 Å². The highest BCUT2D eigenvalue weighted by Gasteiger charge is 2.48. The van der Waals surface area contributed by atoms with Crippen molar-refractivity contribution in [2.75, 3.05) is 5.75 Å². The van der Waals surface area contributed by atoms with Gasteiger partial charge in [-0.25, -0.2) is 0 Å².